The van der Waals surface area contributed by atoms with Gasteiger partial charge in [-0.25, -0.2) is 9.59 Å². The minimum absolute atomic E-state index is 0.0424. The highest BCUT2D eigenvalue weighted by atomic mass is 32.2. The lowest BCUT2D eigenvalue weighted by Crippen LogP contribution is -2.35. The van der Waals surface area contributed by atoms with Gasteiger partial charge in [0.1, 0.15) is 25.1 Å². The Morgan fingerprint density at radius 3 is 2.26 bits per heavy atom. The van der Waals surface area contributed by atoms with Crippen molar-refractivity contribution in [2.24, 2.45) is 0 Å². The van der Waals surface area contributed by atoms with Crippen LogP contribution in [0.25, 0.3) is 0 Å². The van der Waals surface area contributed by atoms with E-state index >= 15 is 0 Å². The molecule has 0 radical (unpaired) electrons. The maximum atomic E-state index is 12.3. The van der Waals surface area contributed by atoms with Crippen molar-refractivity contribution in [2.75, 3.05) is 31.8 Å². The molecule has 1 unspecified atom stereocenters. The van der Waals surface area contributed by atoms with Gasteiger partial charge in [-0.3, -0.25) is 0 Å². The zero-order valence-corrected chi connectivity index (χ0v) is 21.8. The molecule has 0 bridgehead atoms. The molecule has 1 N–H and O–H groups in total. The molecule has 0 spiro atoms. The molecule has 8 heteroatoms. The first-order valence-corrected chi connectivity index (χ1v) is 13.3. The van der Waals surface area contributed by atoms with Gasteiger partial charge in [0.2, 0.25) is 0 Å². The van der Waals surface area contributed by atoms with Gasteiger partial charge in [0.05, 0.1) is 6.54 Å². The van der Waals surface area contributed by atoms with Gasteiger partial charge in [0.25, 0.3) is 0 Å². The molecule has 0 aliphatic rings. The van der Waals surface area contributed by atoms with Crippen molar-refractivity contribution in [2.45, 2.75) is 42.6 Å². The molecule has 0 aromatic heterocycles. The number of carbonyl (C=O) groups is 2. The van der Waals surface area contributed by atoms with E-state index in [1.54, 1.807) is 30.4 Å². The van der Waals surface area contributed by atoms with E-state index in [4.69, 9.17) is 14.2 Å². The fraction of sp³-hybridized carbons (Fsp3) is 0.385. The van der Waals surface area contributed by atoms with Gasteiger partial charge in [0, 0.05) is 21.1 Å². The van der Waals surface area contributed by atoms with E-state index < -0.39 is 18.2 Å². The molecule has 0 heterocycles. The molecule has 0 aliphatic heterocycles. The topological polar surface area (TPSA) is 73.9 Å². The molecule has 1 amide bonds. The van der Waals surface area contributed by atoms with E-state index in [1.165, 1.54) is 10.5 Å². The Morgan fingerprint density at radius 2 is 1.68 bits per heavy atom. The first-order valence-electron chi connectivity index (χ1n) is 11.0. The van der Waals surface area contributed by atoms with Crippen LogP contribution in [0.15, 0.2) is 70.5 Å². The van der Waals surface area contributed by atoms with Crippen LogP contribution < -0.4 is 10.1 Å². The maximum Gasteiger partial charge on any atom is 0.407 e. The van der Waals surface area contributed by atoms with E-state index in [1.807, 2.05) is 30.5 Å². The highest BCUT2D eigenvalue weighted by Crippen LogP contribution is 2.24. The number of hydrogen-bond donors (Lipinski definition) is 1. The summed E-state index contributed by atoms with van der Waals surface area (Å²) in [5.74, 6) is 1.20. The summed E-state index contributed by atoms with van der Waals surface area (Å²) < 4.78 is 16.5. The lowest BCUT2D eigenvalue weighted by atomic mass is 10.0. The van der Waals surface area contributed by atoms with Gasteiger partial charge in [-0.2, -0.15) is 0 Å². The number of carbonyl (C=O) groups excluding carboxylic acids is 2. The van der Waals surface area contributed by atoms with Crippen LogP contribution in [0.2, 0.25) is 0 Å². The smallest absolute Gasteiger partial charge is 0.407 e. The second-order valence-corrected chi connectivity index (χ2v) is 9.86. The third-order valence-electron chi connectivity index (χ3n) is 4.70. The quantitative estimate of drug-likeness (QED) is 0.157. The Kier molecular flexibility index (Phi) is 11.9. The molecule has 0 fully saturated rings. The molecule has 1 atom stereocenters. The number of esters is 1. The van der Waals surface area contributed by atoms with E-state index in [0.717, 1.165) is 10.6 Å². The zero-order valence-electron chi connectivity index (χ0n) is 20.2. The predicted molar refractivity (Wildman–Crippen MR) is 139 cm³/mol. The number of nitrogens with one attached hydrogen (secondary N) is 1. The van der Waals surface area contributed by atoms with Gasteiger partial charge in [-0.1, -0.05) is 32.6 Å². The van der Waals surface area contributed by atoms with E-state index in [0.29, 0.717) is 17.2 Å². The largest absolute Gasteiger partial charge is 0.490 e. The van der Waals surface area contributed by atoms with Crippen molar-refractivity contribution in [1.82, 2.24) is 5.32 Å². The molecule has 0 aliphatic carbocycles. The first-order chi connectivity index (χ1) is 16.3. The standard InChI is InChI=1S/C26H33NO5S2/c1-18(2)20-6-8-21(9-7-20)31-16-22(17-34-24-12-10-23(33-5)11-13-24)32-26(29)27-14-15-30-25(28)19(3)4/h6-13,18,22H,3,14-17H2,1-2,4-5H3,(H,27,29). The second kappa shape index (κ2) is 14.6. The fourth-order valence-corrected chi connectivity index (χ4v) is 4.01. The summed E-state index contributed by atoms with van der Waals surface area (Å²) in [7, 11) is 0. The summed E-state index contributed by atoms with van der Waals surface area (Å²) in [4.78, 5) is 26.0. The number of alkyl carbamates (subject to hydrolysis) is 1. The molecule has 184 valence electrons. The van der Waals surface area contributed by atoms with E-state index in [9.17, 15) is 9.59 Å². The van der Waals surface area contributed by atoms with Crippen molar-refractivity contribution in [1.29, 1.82) is 0 Å². The number of rotatable bonds is 13. The summed E-state index contributed by atoms with van der Waals surface area (Å²) in [5.41, 5.74) is 1.54. The summed E-state index contributed by atoms with van der Waals surface area (Å²) in [6.07, 6.45) is 0.969. The molecule has 34 heavy (non-hydrogen) atoms. The number of ether oxygens (including phenoxy) is 3. The normalized spacial score (nSPS) is 11.6. The fourth-order valence-electron chi connectivity index (χ4n) is 2.73. The van der Waals surface area contributed by atoms with Gasteiger partial charge in [0.15, 0.2) is 0 Å². The SMILES string of the molecule is C=C(C)C(=O)OCCNC(=O)OC(COc1ccc(C(C)C)cc1)CSc1ccc(SC)cc1. The van der Waals surface area contributed by atoms with Crippen LogP contribution in [0.1, 0.15) is 32.3 Å². The van der Waals surface area contributed by atoms with Crippen LogP contribution >= 0.6 is 23.5 Å². The lowest BCUT2D eigenvalue weighted by Gasteiger charge is -2.19. The minimum atomic E-state index is -0.589. The molecule has 0 saturated heterocycles. The highest BCUT2D eigenvalue weighted by Gasteiger charge is 2.17. The van der Waals surface area contributed by atoms with Crippen LogP contribution in [0.4, 0.5) is 4.79 Å². The Hall–Kier alpha value is -2.58. The van der Waals surface area contributed by atoms with Gasteiger partial charge in [-0.05, 0) is 61.1 Å². The Labute approximate surface area is 210 Å². The van der Waals surface area contributed by atoms with Crippen molar-refractivity contribution < 1.29 is 23.8 Å². The third kappa shape index (κ3) is 10.1. The summed E-state index contributed by atoms with van der Waals surface area (Å²) >= 11 is 3.28. The van der Waals surface area contributed by atoms with Gasteiger partial charge >= 0.3 is 12.1 Å². The van der Waals surface area contributed by atoms with Crippen LogP contribution in [-0.4, -0.2) is 49.9 Å². The summed E-state index contributed by atoms with van der Waals surface area (Å²) in [6, 6.07) is 16.2. The average molecular weight is 504 g/mol. The van der Waals surface area contributed by atoms with Crippen molar-refractivity contribution in [3.05, 3.63) is 66.2 Å². The Bertz CT molecular complexity index is 929. The number of hydrogen-bond acceptors (Lipinski definition) is 7. The third-order valence-corrected chi connectivity index (χ3v) is 6.59. The highest BCUT2D eigenvalue weighted by molar-refractivity contribution is 7.99. The Balaban J connectivity index is 1.91. The van der Waals surface area contributed by atoms with Crippen LogP contribution in [0.5, 0.6) is 5.75 Å². The number of amides is 1. The van der Waals surface area contributed by atoms with E-state index in [-0.39, 0.29) is 19.8 Å². The average Bonchev–Trinajstić information content (AvgIpc) is 2.83. The van der Waals surface area contributed by atoms with E-state index in [2.05, 4.69) is 50.0 Å². The number of thioether (sulfide) groups is 2. The van der Waals surface area contributed by atoms with Gasteiger partial charge < -0.3 is 19.5 Å². The monoisotopic (exact) mass is 503 g/mol. The second-order valence-electron chi connectivity index (χ2n) is 7.89. The van der Waals surface area contributed by atoms with Crippen LogP contribution in [-0.2, 0) is 14.3 Å². The lowest BCUT2D eigenvalue weighted by molar-refractivity contribution is -0.138. The van der Waals surface area contributed by atoms with Crippen LogP contribution in [0, 0.1) is 0 Å². The molecule has 6 nitrogen and oxygen atoms in total. The minimum Gasteiger partial charge on any atom is -0.490 e. The number of benzene rings is 2. The summed E-state index contributed by atoms with van der Waals surface area (Å²) in [5, 5.41) is 2.60. The molecular formula is C26H33NO5S2. The van der Waals surface area contributed by atoms with Crippen molar-refractivity contribution in [3.8, 4) is 5.75 Å². The van der Waals surface area contributed by atoms with Crippen molar-refractivity contribution in [3.63, 3.8) is 0 Å². The van der Waals surface area contributed by atoms with Gasteiger partial charge in [-0.15, -0.1) is 23.5 Å². The molecule has 2 aromatic carbocycles. The molecule has 0 saturated carbocycles. The summed E-state index contributed by atoms with van der Waals surface area (Å²) in [6.45, 7) is 9.77. The molecular weight excluding hydrogens is 470 g/mol. The Morgan fingerprint density at radius 1 is 1.03 bits per heavy atom. The first kappa shape index (κ1) is 27.7. The maximum absolute atomic E-state index is 12.3. The predicted octanol–water partition coefficient (Wildman–Crippen LogP) is 5.92. The molecule has 2 rings (SSSR count). The van der Waals surface area contributed by atoms with Crippen LogP contribution in [0.3, 0.4) is 0 Å². The molecule has 2 aromatic rings. The van der Waals surface area contributed by atoms with Crippen molar-refractivity contribution >= 4 is 35.6 Å². The zero-order chi connectivity index (χ0) is 24.9.